The lowest BCUT2D eigenvalue weighted by Gasteiger charge is -2.35. The molecule has 0 radical (unpaired) electrons. The van der Waals surface area contributed by atoms with Crippen LogP contribution in [0.1, 0.15) is 68.2 Å². The summed E-state index contributed by atoms with van der Waals surface area (Å²) >= 11 is 0. The summed E-state index contributed by atoms with van der Waals surface area (Å²) in [6, 6.07) is 0. The highest BCUT2D eigenvalue weighted by atomic mass is 16.1. The smallest absolute Gasteiger partial charge is 0.136 e. The second kappa shape index (κ2) is 5.33. The Morgan fingerprint density at radius 1 is 1.00 bits per heavy atom. The first-order valence-corrected chi connectivity index (χ1v) is 6.46. The highest BCUT2D eigenvalue weighted by Gasteiger charge is 2.34. The van der Waals surface area contributed by atoms with Gasteiger partial charge in [-0.3, -0.25) is 4.79 Å². The van der Waals surface area contributed by atoms with Crippen LogP contribution >= 0.6 is 0 Å². The van der Waals surface area contributed by atoms with Crippen molar-refractivity contribution in [3.8, 4) is 0 Å². The quantitative estimate of drug-likeness (QED) is 0.679. The molecule has 0 bridgehead atoms. The van der Waals surface area contributed by atoms with E-state index in [4.69, 9.17) is 0 Å². The third-order valence-corrected chi connectivity index (χ3v) is 2.86. The molecule has 0 aromatic rings. The molecule has 0 N–H and O–H groups in total. The summed E-state index contributed by atoms with van der Waals surface area (Å²) < 4.78 is 0. The van der Waals surface area contributed by atoms with Gasteiger partial charge in [0.05, 0.1) is 0 Å². The van der Waals surface area contributed by atoms with E-state index < -0.39 is 0 Å². The molecule has 1 nitrogen and oxygen atoms in total. The Kier molecular flexibility index (Phi) is 5.22. The second-order valence-electron chi connectivity index (χ2n) is 7.75. The Hall–Kier alpha value is -0.330. The Labute approximate surface area is 102 Å². The zero-order chi connectivity index (χ0) is 13.1. The van der Waals surface area contributed by atoms with Gasteiger partial charge in [-0.25, -0.2) is 0 Å². The number of Topliss-reactive ketones (excluding diaryl/α,β-unsaturated/α-hetero) is 1. The van der Waals surface area contributed by atoms with Crippen LogP contribution in [0.4, 0.5) is 0 Å². The van der Waals surface area contributed by atoms with Crippen molar-refractivity contribution in [1.29, 1.82) is 0 Å². The minimum Gasteiger partial charge on any atom is -0.299 e. The molecule has 0 saturated carbocycles. The third kappa shape index (κ3) is 6.30. The lowest BCUT2D eigenvalue weighted by atomic mass is 9.69. The summed E-state index contributed by atoms with van der Waals surface area (Å²) in [4.78, 5) is 12.3. The first-order chi connectivity index (χ1) is 6.93. The van der Waals surface area contributed by atoms with Crippen LogP contribution in [0.2, 0.25) is 0 Å². The summed E-state index contributed by atoms with van der Waals surface area (Å²) in [5.41, 5.74) is 0.309. The van der Waals surface area contributed by atoms with Crippen LogP contribution in [0.5, 0.6) is 0 Å². The van der Waals surface area contributed by atoms with E-state index >= 15 is 0 Å². The van der Waals surface area contributed by atoms with Gasteiger partial charge in [-0.2, -0.15) is 0 Å². The van der Waals surface area contributed by atoms with Crippen LogP contribution < -0.4 is 0 Å². The summed E-state index contributed by atoms with van der Waals surface area (Å²) in [5.74, 6) is 1.10. The first kappa shape index (κ1) is 15.7. The van der Waals surface area contributed by atoms with Gasteiger partial charge in [0.2, 0.25) is 0 Å². The molecular formula is C15H30O. The SMILES string of the molecule is CC(C)CC(=O)C(CC(C)(C)C)C(C)(C)C. The topological polar surface area (TPSA) is 17.1 Å². The summed E-state index contributed by atoms with van der Waals surface area (Å²) in [7, 11) is 0. The lowest BCUT2D eigenvalue weighted by Crippen LogP contribution is -2.32. The Bertz CT molecular complexity index is 225. The maximum Gasteiger partial charge on any atom is 0.136 e. The van der Waals surface area contributed by atoms with E-state index in [1.165, 1.54) is 0 Å². The number of rotatable bonds is 4. The van der Waals surface area contributed by atoms with Crippen LogP contribution in [0.15, 0.2) is 0 Å². The number of ketones is 1. The second-order valence-corrected chi connectivity index (χ2v) is 7.75. The van der Waals surface area contributed by atoms with Crippen molar-refractivity contribution < 1.29 is 4.79 Å². The van der Waals surface area contributed by atoms with Gasteiger partial charge >= 0.3 is 0 Å². The van der Waals surface area contributed by atoms with Crippen LogP contribution in [-0.4, -0.2) is 5.78 Å². The fourth-order valence-corrected chi connectivity index (χ4v) is 2.06. The van der Waals surface area contributed by atoms with Gasteiger partial charge in [0.25, 0.3) is 0 Å². The molecule has 0 aromatic carbocycles. The van der Waals surface area contributed by atoms with Crippen molar-refractivity contribution in [3.63, 3.8) is 0 Å². The molecule has 1 atom stereocenters. The van der Waals surface area contributed by atoms with E-state index in [0.717, 1.165) is 12.8 Å². The summed E-state index contributed by atoms with van der Waals surface area (Å²) in [5, 5.41) is 0. The lowest BCUT2D eigenvalue weighted by molar-refractivity contribution is -0.128. The number of hydrogen-bond acceptors (Lipinski definition) is 1. The molecule has 0 amide bonds. The van der Waals surface area contributed by atoms with Crippen molar-refractivity contribution in [2.75, 3.05) is 0 Å². The van der Waals surface area contributed by atoms with Crippen LogP contribution in [-0.2, 0) is 4.79 Å². The summed E-state index contributed by atoms with van der Waals surface area (Å²) in [6.07, 6.45) is 1.71. The van der Waals surface area contributed by atoms with Crippen molar-refractivity contribution >= 4 is 5.78 Å². The van der Waals surface area contributed by atoms with Gasteiger partial charge in [0.1, 0.15) is 5.78 Å². The van der Waals surface area contributed by atoms with E-state index in [9.17, 15) is 4.79 Å². The molecule has 0 rings (SSSR count). The van der Waals surface area contributed by atoms with Crippen LogP contribution in [0.25, 0.3) is 0 Å². The predicted molar refractivity (Wildman–Crippen MR) is 71.5 cm³/mol. The molecule has 1 unspecified atom stereocenters. The van der Waals surface area contributed by atoms with Crippen LogP contribution in [0, 0.1) is 22.7 Å². The molecule has 0 aliphatic carbocycles. The molecule has 0 aromatic heterocycles. The predicted octanol–water partition coefficient (Wildman–Crippen LogP) is 4.70. The van der Waals surface area contributed by atoms with Crippen LogP contribution in [0.3, 0.4) is 0 Å². The average molecular weight is 226 g/mol. The van der Waals surface area contributed by atoms with E-state index in [2.05, 4.69) is 55.4 Å². The first-order valence-electron chi connectivity index (χ1n) is 6.46. The zero-order valence-corrected chi connectivity index (χ0v) is 12.5. The maximum absolute atomic E-state index is 12.3. The fraction of sp³-hybridized carbons (Fsp3) is 0.933. The van der Waals surface area contributed by atoms with E-state index in [1.54, 1.807) is 0 Å². The van der Waals surface area contributed by atoms with Crippen molar-refractivity contribution in [1.82, 2.24) is 0 Å². The molecule has 1 heteroatoms. The van der Waals surface area contributed by atoms with Crippen molar-refractivity contribution in [2.24, 2.45) is 22.7 Å². The fourth-order valence-electron chi connectivity index (χ4n) is 2.06. The Balaban J connectivity index is 4.76. The van der Waals surface area contributed by atoms with Gasteiger partial charge in [-0.15, -0.1) is 0 Å². The average Bonchev–Trinajstić information content (AvgIpc) is 1.94. The monoisotopic (exact) mass is 226 g/mol. The molecule has 0 saturated heterocycles. The van der Waals surface area contributed by atoms with Gasteiger partial charge in [-0.1, -0.05) is 55.4 Å². The molecule has 16 heavy (non-hydrogen) atoms. The Morgan fingerprint density at radius 3 is 1.69 bits per heavy atom. The van der Waals surface area contributed by atoms with Gasteiger partial charge < -0.3 is 0 Å². The minimum atomic E-state index is 0.0826. The van der Waals surface area contributed by atoms with Crippen molar-refractivity contribution in [2.45, 2.75) is 68.2 Å². The molecule has 0 heterocycles. The molecular weight excluding hydrogens is 196 g/mol. The molecule has 0 aliphatic heterocycles. The molecule has 0 spiro atoms. The largest absolute Gasteiger partial charge is 0.299 e. The molecule has 0 fully saturated rings. The van der Waals surface area contributed by atoms with Crippen molar-refractivity contribution in [3.05, 3.63) is 0 Å². The maximum atomic E-state index is 12.3. The molecule has 96 valence electrons. The number of hydrogen-bond donors (Lipinski definition) is 0. The van der Waals surface area contributed by atoms with E-state index in [1.807, 2.05) is 0 Å². The van der Waals surface area contributed by atoms with Gasteiger partial charge in [0.15, 0.2) is 0 Å². The number of carbonyl (C=O) groups excluding carboxylic acids is 1. The Morgan fingerprint density at radius 2 is 1.44 bits per heavy atom. The van der Waals surface area contributed by atoms with Gasteiger partial charge in [0, 0.05) is 12.3 Å². The minimum absolute atomic E-state index is 0.0826. The normalized spacial score (nSPS) is 15.3. The number of carbonyl (C=O) groups is 1. The highest BCUT2D eigenvalue weighted by Crippen LogP contribution is 2.37. The highest BCUT2D eigenvalue weighted by molar-refractivity contribution is 5.81. The zero-order valence-electron chi connectivity index (χ0n) is 12.5. The van der Waals surface area contributed by atoms with E-state index in [-0.39, 0.29) is 16.7 Å². The van der Waals surface area contributed by atoms with Gasteiger partial charge in [-0.05, 0) is 23.2 Å². The molecule has 0 aliphatic rings. The summed E-state index contributed by atoms with van der Waals surface area (Å²) in [6.45, 7) is 17.4. The van der Waals surface area contributed by atoms with E-state index in [0.29, 0.717) is 11.7 Å². The standard InChI is InChI=1S/C15H30O/c1-11(2)9-13(16)12(15(6,7)8)10-14(3,4)5/h11-12H,9-10H2,1-8H3. The third-order valence-electron chi connectivity index (χ3n) is 2.86.